The molecule has 1 aromatic carbocycles. The minimum atomic E-state index is -4.26. The molecule has 1 unspecified atom stereocenters. The Morgan fingerprint density at radius 2 is 1.96 bits per heavy atom. The third kappa shape index (κ3) is 2.73. The lowest BCUT2D eigenvalue weighted by atomic mass is 10.2. The van der Waals surface area contributed by atoms with Crippen LogP contribution < -0.4 is 4.43 Å². The third-order valence-electron chi connectivity index (χ3n) is 3.94. The Morgan fingerprint density at radius 1 is 1.32 bits per heavy atom. The fraction of sp³-hybridized carbons (Fsp3) is 0.200. The summed E-state index contributed by atoms with van der Waals surface area (Å²) < 4.78 is 52.5. The number of hydrogen-bond donors (Lipinski definition) is 0. The molecule has 2 aromatic rings. The van der Waals surface area contributed by atoms with Gasteiger partial charge in [-0.2, -0.15) is 0 Å². The highest BCUT2D eigenvalue weighted by atomic mass is 35.5. The lowest BCUT2D eigenvalue weighted by Crippen LogP contribution is -2.34. The Balaban J connectivity index is 2.32. The van der Waals surface area contributed by atoms with E-state index in [0.29, 0.717) is 17.2 Å². The zero-order valence-electron chi connectivity index (χ0n) is 12.7. The van der Waals surface area contributed by atoms with Crippen LogP contribution in [-0.4, -0.2) is 18.4 Å². The van der Waals surface area contributed by atoms with Crippen molar-refractivity contribution in [1.82, 2.24) is 4.73 Å². The standard InChI is InChI=1S/C15H11ClF2N2O4S/c1-8-15(25(23,24)10-4-2-9(16)3-5-10)20(22)14-7-12(18)11(17)6-13(14)19(8)21/h2-4,6-7,10H,5H2,1H3. The topological polar surface area (TPSA) is 85.1 Å². The molecular weight excluding hydrogens is 378 g/mol. The van der Waals surface area contributed by atoms with Crippen molar-refractivity contribution in [3.8, 4) is 0 Å². The summed E-state index contributed by atoms with van der Waals surface area (Å²) in [5.74, 6) is -2.68. The summed E-state index contributed by atoms with van der Waals surface area (Å²) in [6.07, 6.45) is 4.17. The molecule has 0 bridgehead atoms. The van der Waals surface area contributed by atoms with Crippen molar-refractivity contribution in [3.05, 3.63) is 62.8 Å². The van der Waals surface area contributed by atoms with E-state index in [2.05, 4.69) is 0 Å². The molecule has 1 atom stereocenters. The van der Waals surface area contributed by atoms with E-state index in [1.807, 2.05) is 0 Å². The van der Waals surface area contributed by atoms with Crippen LogP contribution in [0.1, 0.15) is 12.1 Å². The van der Waals surface area contributed by atoms with Crippen molar-refractivity contribution in [3.63, 3.8) is 0 Å². The van der Waals surface area contributed by atoms with Gasteiger partial charge in [0.25, 0.3) is 15.4 Å². The number of sulfone groups is 1. The molecule has 0 N–H and O–H groups in total. The van der Waals surface area contributed by atoms with E-state index >= 15 is 0 Å². The fourth-order valence-electron chi connectivity index (χ4n) is 2.64. The summed E-state index contributed by atoms with van der Waals surface area (Å²) in [6.45, 7) is 1.13. The minimum Gasteiger partial charge on any atom is -0.805 e. The molecule has 0 aliphatic heterocycles. The van der Waals surface area contributed by atoms with E-state index in [-0.39, 0.29) is 15.6 Å². The van der Waals surface area contributed by atoms with Crippen LogP contribution in [0.5, 0.6) is 0 Å². The maximum Gasteiger partial charge on any atom is 0.372 e. The molecule has 10 heteroatoms. The summed E-state index contributed by atoms with van der Waals surface area (Å²) in [7, 11) is -4.26. The maximum absolute atomic E-state index is 13.5. The quantitative estimate of drug-likeness (QED) is 0.740. The summed E-state index contributed by atoms with van der Waals surface area (Å²) in [6, 6.07) is 1.05. The van der Waals surface area contributed by atoms with Gasteiger partial charge in [0, 0.05) is 16.0 Å². The molecule has 1 aliphatic carbocycles. The van der Waals surface area contributed by atoms with Crippen molar-refractivity contribution < 1.29 is 21.6 Å². The Kier molecular flexibility index (Phi) is 4.16. The normalized spacial score (nSPS) is 17.8. The molecule has 132 valence electrons. The van der Waals surface area contributed by atoms with Gasteiger partial charge in [-0.25, -0.2) is 17.2 Å². The molecule has 1 aromatic heterocycles. The highest BCUT2D eigenvalue weighted by Crippen LogP contribution is 2.26. The summed E-state index contributed by atoms with van der Waals surface area (Å²) in [5.41, 5.74) is -1.47. The zero-order valence-corrected chi connectivity index (χ0v) is 14.3. The molecule has 1 aliphatic rings. The molecule has 1 heterocycles. The van der Waals surface area contributed by atoms with Gasteiger partial charge in [0.15, 0.2) is 11.6 Å². The molecule has 0 fully saturated rings. The van der Waals surface area contributed by atoms with Crippen LogP contribution >= 0.6 is 11.6 Å². The first kappa shape index (κ1) is 17.6. The van der Waals surface area contributed by atoms with Gasteiger partial charge >= 0.3 is 5.03 Å². The van der Waals surface area contributed by atoms with Gasteiger partial charge in [-0.1, -0.05) is 23.8 Å². The number of benzene rings is 1. The molecule has 6 nitrogen and oxygen atoms in total. The summed E-state index contributed by atoms with van der Waals surface area (Å²) >= 11 is 5.76. The van der Waals surface area contributed by atoms with E-state index < -0.39 is 48.5 Å². The minimum absolute atomic E-state index is 0.0196. The Bertz CT molecular complexity index is 1120. The number of aromatic nitrogens is 2. The molecule has 0 radical (unpaired) electrons. The SMILES string of the molecule is Cc1c(S(=O)(=O)C2C=CC(Cl)=CC2)[n+](=O)c2cc(F)c(F)cc2n1[O-]. The second-order valence-electron chi connectivity index (χ2n) is 5.50. The molecule has 0 saturated carbocycles. The van der Waals surface area contributed by atoms with E-state index in [1.54, 1.807) is 0 Å². The highest BCUT2D eigenvalue weighted by molar-refractivity contribution is 7.92. The predicted molar refractivity (Wildman–Crippen MR) is 87.4 cm³/mol. The third-order valence-corrected chi connectivity index (χ3v) is 6.36. The van der Waals surface area contributed by atoms with Crippen LogP contribution in [0.3, 0.4) is 0 Å². The van der Waals surface area contributed by atoms with Gasteiger partial charge in [0.05, 0.1) is 15.7 Å². The lowest BCUT2D eigenvalue weighted by Gasteiger charge is -2.18. The molecule has 25 heavy (non-hydrogen) atoms. The average Bonchev–Trinajstić information content (AvgIpc) is 2.55. The zero-order chi connectivity index (χ0) is 18.5. The summed E-state index contributed by atoms with van der Waals surface area (Å²) in [4.78, 5) is 12.5. The number of allylic oxidation sites excluding steroid dienone is 3. The molecule has 0 spiro atoms. The first-order valence-electron chi connectivity index (χ1n) is 7.06. The average molecular weight is 389 g/mol. The van der Waals surface area contributed by atoms with Crippen LogP contribution in [-0.2, 0) is 9.84 Å². The van der Waals surface area contributed by atoms with Crippen molar-refractivity contribution >= 4 is 32.5 Å². The van der Waals surface area contributed by atoms with E-state index in [9.17, 15) is 27.3 Å². The first-order valence-corrected chi connectivity index (χ1v) is 8.99. The Morgan fingerprint density at radius 3 is 2.56 bits per heavy atom. The molecule has 0 amide bonds. The molecule has 0 saturated heterocycles. The highest BCUT2D eigenvalue weighted by Gasteiger charge is 2.38. The Hall–Kier alpha value is -2.26. The van der Waals surface area contributed by atoms with Gasteiger partial charge in [-0.05, 0) is 19.4 Å². The maximum atomic E-state index is 13.5. The molecular formula is C15H11ClF2N2O4S. The van der Waals surface area contributed by atoms with E-state index in [4.69, 9.17) is 11.6 Å². The smallest absolute Gasteiger partial charge is 0.372 e. The second-order valence-corrected chi connectivity index (χ2v) is 8.02. The van der Waals surface area contributed by atoms with Crippen LogP contribution in [0.2, 0.25) is 0 Å². The van der Waals surface area contributed by atoms with Gasteiger partial charge in [-0.3, -0.25) is 0 Å². The number of fused-ring (bicyclic) bond motifs is 1. The van der Waals surface area contributed by atoms with Crippen LogP contribution in [0, 0.1) is 28.7 Å². The van der Waals surface area contributed by atoms with Crippen molar-refractivity contribution in [1.29, 1.82) is 0 Å². The van der Waals surface area contributed by atoms with Gasteiger partial charge in [0.2, 0.25) is 0 Å². The van der Waals surface area contributed by atoms with E-state index in [1.165, 1.54) is 18.2 Å². The van der Waals surface area contributed by atoms with Crippen molar-refractivity contribution in [2.75, 3.05) is 0 Å². The second kappa shape index (κ2) is 5.92. The predicted octanol–water partition coefficient (Wildman–Crippen LogP) is 2.71. The fourth-order valence-corrected chi connectivity index (χ4v) is 4.55. The number of hydrogen-bond acceptors (Lipinski definition) is 4. The van der Waals surface area contributed by atoms with Gasteiger partial charge < -0.3 is 9.94 Å². The van der Waals surface area contributed by atoms with Crippen molar-refractivity contribution in [2.24, 2.45) is 0 Å². The van der Waals surface area contributed by atoms with Crippen LogP contribution in [0.4, 0.5) is 8.78 Å². The first-order chi connectivity index (χ1) is 11.6. The van der Waals surface area contributed by atoms with Gasteiger partial charge in [0.1, 0.15) is 11.2 Å². The number of nitrogens with zero attached hydrogens (tertiary/aromatic N) is 2. The monoisotopic (exact) mass is 388 g/mol. The summed E-state index contributed by atoms with van der Waals surface area (Å²) in [5, 5.41) is 10.8. The van der Waals surface area contributed by atoms with Crippen molar-refractivity contribution in [2.45, 2.75) is 23.6 Å². The van der Waals surface area contributed by atoms with Crippen LogP contribution in [0.15, 0.2) is 40.4 Å². The van der Waals surface area contributed by atoms with E-state index in [0.717, 1.165) is 6.92 Å². The van der Waals surface area contributed by atoms with Gasteiger partial charge in [-0.15, -0.1) is 0 Å². The Labute approximate surface area is 145 Å². The number of rotatable bonds is 2. The van der Waals surface area contributed by atoms with Crippen LogP contribution in [0.25, 0.3) is 11.0 Å². The largest absolute Gasteiger partial charge is 0.805 e. The molecule has 3 rings (SSSR count). The lowest BCUT2D eigenvalue weighted by molar-refractivity contribution is -0.512. The number of halogens is 3.